The molecule has 0 aliphatic heterocycles. The van der Waals surface area contributed by atoms with Gasteiger partial charge in [0.1, 0.15) is 11.6 Å². The topological polar surface area (TPSA) is 49.3 Å². The normalized spacial score (nSPS) is 17.3. The summed E-state index contributed by atoms with van der Waals surface area (Å²) >= 11 is 0. The number of hydrogen-bond donors (Lipinski definition) is 2. The standard InChI is InChI=1S/C15H19F2NO2/c16-11-5-6-12(13(17)10-11)15(7-1-2-8-15)18-9-3-4-14(19)20/h5-6,10,18H,1-4,7-9H2,(H,19,20). The summed E-state index contributed by atoms with van der Waals surface area (Å²) in [5.41, 5.74) is 0.0164. The molecule has 5 heteroatoms. The van der Waals surface area contributed by atoms with E-state index < -0.39 is 23.1 Å². The molecule has 0 bridgehead atoms. The Morgan fingerprint density at radius 3 is 2.60 bits per heavy atom. The highest BCUT2D eigenvalue weighted by Crippen LogP contribution is 2.39. The average molecular weight is 283 g/mol. The minimum Gasteiger partial charge on any atom is -0.481 e. The van der Waals surface area contributed by atoms with Crippen molar-refractivity contribution >= 4 is 5.97 Å². The molecule has 0 spiro atoms. The summed E-state index contributed by atoms with van der Waals surface area (Å²) in [5, 5.41) is 11.9. The van der Waals surface area contributed by atoms with Gasteiger partial charge in [-0.15, -0.1) is 0 Å². The predicted molar refractivity (Wildman–Crippen MR) is 71.4 cm³/mol. The maximum absolute atomic E-state index is 14.0. The van der Waals surface area contributed by atoms with E-state index in [0.717, 1.165) is 31.7 Å². The van der Waals surface area contributed by atoms with Gasteiger partial charge in [-0.3, -0.25) is 4.79 Å². The first-order chi connectivity index (χ1) is 9.53. The van der Waals surface area contributed by atoms with E-state index in [9.17, 15) is 13.6 Å². The van der Waals surface area contributed by atoms with Crippen LogP contribution in [0.25, 0.3) is 0 Å². The van der Waals surface area contributed by atoms with Gasteiger partial charge in [0.25, 0.3) is 0 Å². The Balaban J connectivity index is 2.10. The largest absolute Gasteiger partial charge is 0.481 e. The predicted octanol–water partition coefficient (Wildman–Crippen LogP) is 3.19. The monoisotopic (exact) mass is 283 g/mol. The number of aliphatic carboxylic acids is 1. The van der Waals surface area contributed by atoms with Crippen molar-refractivity contribution in [3.63, 3.8) is 0 Å². The molecule has 1 fully saturated rings. The highest BCUT2D eigenvalue weighted by molar-refractivity contribution is 5.66. The zero-order chi connectivity index (χ0) is 14.6. The van der Waals surface area contributed by atoms with Crippen LogP contribution in [0, 0.1) is 11.6 Å². The van der Waals surface area contributed by atoms with Crippen LogP contribution in [-0.4, -0.2) is 17.6 Å². The van der Waals surface area contributed by atoms with Crippen molar-refractivity contribution in [3.8, 4) is 0 Å². The fourth-order valence-electron chi connectivity index (χ4n) is 2.96. The van der Waals surface area contributed by atoms with Gasteiger partial charge in [0.05, 0.1) is 0 Å². The number of nitrogens with one attached hydrogen (secondary N) is 1. The molecule has 0 radical (unpaired) electrons. The summed E-state index contributed by atoms with van der Waals surface area (Å²) < 4.78 is 27.0. The van der Waals surface area contributed by atoms with Crippen LogP contribution in [0.2, 0.25) is 0 Å². The van der Waals surface area contributed by atoms with Gasteiger partial charge in [-0.05, 0) is 31.9 Å². The third-order valence-corrected chi connectivity index (χ3v) is 3.93. The molecule has 0 saturated heterocycles. The van der Waals surface area contributed by atoms with Crippen LogP contribution in [0.3, 0.4) is 0 Å². The summed E-state index contributed by atoms with van der Waals surface area (Å²) in [6.45, 7) is 0.517. The lowest BCUT2D eigenvalue weighted by Gasteiger charge is -2.31. The van der Waals surface area contributed by atoms with Gasteiger partial charge in [0.2, 0.25) is 0 Å². The Morgan fingerprint density at radius 1 is 1.30 bits per heavy atom. The number of carboxylic acid groups (broad SMARTS) is 1. The molecule has 0 amide bonds. The van der Waals surface area contributed by atoms with Gasteiger partial charge in [-0.25, -0.2) is 8.78 Å². The fourth-order valence-corrected chi connectivity index (χ4v) is 2.96. The van der Waals surface area contributed by atoms with E-state index in [1.165, 1.54) is 12.1 Å². The number of hydrogen-bond acceptors (Lipinski definition) is 2. The molecule has 110 valence electrons. The number of benzene rings is 1. The zero-order valence-electron chi connectivity index (χ0n) is 11.3. The smallest absolute Gasteiger partial charge is 0.303 e. The first-order valence-electron chi connectivity index (χ1n) is 6.96. The van der Waals surface area contributed by atoms with Crippen molar-refractivity contribution in [1.82, 2.24) is 5.32 Å². The van der Waals surface area contributed by atoms with Crippen LogP contribution < -0.4 is 5.32 Å². The van der Waals surface area contributed by atoms with Crippen LogP contribution in [0.15, 0.2) is 18.2 Å². The van der Waals surface area contributed by atoms with Gasteiger partial charge in [0.15, 0.2) is 0 Å². The molecule has 3 nitrogen and oxygen atoms in total. The fraction of sp³-hybridized carbons (Fsp3) is 0.533. The molecule has 20 heavy (non-hydrogen) atoms. The summed E-state index contributed by atoms with van der Waals surface area (Å²) in [6.07, 6.45) is 4.16. The van der Waals surface area contributed by atoms with Crippen LogP contribution in [0.4, 0.5) is 8.78 Å². The van der Waals surface area contributed by atoms with Crippen molar-refractivity contribution in [3.05, 3.63) is 35.4 Å². The van der Waals surface area contributed by atoms with Crippen LogP contribution >= 0.6 is 0 Å². The van der Waals surface area contributed by atoms with Crippen molar-refractivity contribution in [2.45, 2.75) is 44.1 Å². The highest BCUT2D eigenvalue weighted by Gasteiger charge is 2.37. The van der Waals surface area contributed by atoms with Gasteiger partial charge >= 0.3 is 5.97 Å². The van der Waals surface area contributed by atoms with E-state index in [2.05, 4.69) is 5.32 Å². The lowest BCUT2D eigenvalue weighted by molar-refractivity contribution is -0.137. The number of rotatable bonds is 6. The Morgan fingerprint density at radius 2 is 2.00 bits per heavy atom. The average Bonchev–Trinajstić information content (AvgIpc) is 2.84. The van der Waals surface area contributed by atoms with Crippen LogP contribution in [0.1, 0.15) is 44.1 Å². The maximum Gasteiger partial charge on any atom is 0.303 e. The molecule has 0 aromatic heterocycles. The van der Waals surface area contributed by atoms with Crippen molar-refractivity contribution in [2.75, 3.05) is 6.54 Å². The minimum absolute atomic E-state index is 0.0922. The molecule has 2 N–H and O–H groups in total. The number of carboxylic acids is 1. The van der Waals surface area contributed by atoms with Gasteiger partial charge < -0.3 is 10.4 Å². The van der Waals surface area contributed by atoms with Crippen molar-refractivity contribution < 1.29 is 18.7 Å². The molecule has 2 rings (SSSR count). The zero-order valence-corrected chi connectivity index (χ0v) is 11.3. The second-order valence-corrected chi connectivity index (χ2v) is 5.34. The lowest BCUT2D eigenvalue weighted by Crippen LogP contribution is -2.41. The third-order valence-electron chi connectivity index (χ3n) is 3.93. The summed E-state index contributed by atoms with van der Waals surface area (Å²) in [5.74, 6) is -1.94. The lowest BCUT2D eigenvalue weighted by atomic mass is 9.87. The second-order valence-electron chi connectivity index (χ2n) is 5.34. The molecule has 1 aromatic carbocycles. The molecule has 0 heterocycles. The molecule has 0 unspecified atom stereocenters. The van der Waals surface area contributed by atoms with E-state index in [1.807, 2.05) is 0 Å². The summed E-state index contributed by atoms with van der Waals surface area (Å²) in [4.78, 5) is 10.5. The van der Waals surface area contributed by atoms with E-state index in [4.69, 9.17) is 5.11 Å². The molecule has 1 aliphatic rings. The van der Waals surface area contributed by atoms with E-state index in [0.29, 0.717) is 18.5 Å². The summed E-state index contributed by atoms with van der Waals surface area (Å²) in [7, 11) is 0. The van der Waals surface area contributed by atoms with E-state index >= 15 is 0 Å². The molecule has 1 aromatic rings. The Hall–Kier alpha value is -1.49. The second kappa shape index (κ2) is 6.31. The molecule has 1 aliphatic carbocycles. The molecule has 1 saturated carbocycles. The van der Waals surface area contributed by atoms with E-state index in [1.54, 1.807) is 0 Å². The van der Waals surface area contributed by atoms with Gasteiger partial charge in [0, 0.05) is 23.6 Å². The van der Waals surface area contributed by atoms with E-state index in [-0.39, 0.29) is 6.42 Å². The van der Waals surface area contributed by atoms with Gasteiger partial charge in [-0.1, -0.05) is 18.9 Å². The minimum atomic E-state index is -0.833. The Kier molecular flexibility index (Phi) is 4.70. The number of carbonyl (C=O) groups is 1. The Labute approximate surface area is 117 Å². The van der Waals surface area contributed by atoms with Crippen LogP contribution in [0.5, 0.6) is 0 Å². The van der Waals surface area contributed by atoms with Crippen LogP contribution in [-0.2, 0) is 10.3 Å². The highest BCUT2D eigenvalue weighted by atomic mass is 19.1. The summed E-state index contributed by atoms with van der Waals surface area (Å²) in [6, 6.07) is 3.69. The third kappa shape index (κ3) is 3.33. The first-order valence-corrected chi connectivity index (χ1v) is 6.96. The quantitative estimate of drug-likeness (QED) is 0.788. The SMILES string of the molecule is O=C(O)CCCNC1(c2ccc(F)cc2F)CCCC1. The first kappa shape index (κ1) is 14.9. The molecular weight excluding hydrogens is 264 g/mol. The Bertz CT molecular complexity index is 485. The molecular formula is C15H19F2NO2. The van der Waals surface area contributed by atoms with Crippen molar-refractivity contribution in [1.29, 1.82) is 0 Å². The van der Waals surface area contributed by atoms with Crippen molar-refractivity contribution in [2.24, 2.45) is 0 Å². The maximum atomic E-state index is 14.0. The molecule has 0 atom stereocenters. The van der Waals surface area contributed by atoms with Gasteiger partial charge in [-0.2, -0.15) is 0 Å². The number of halogens is 2.